The summed E-state index contributed by atoms with van der Waals surface area (Å²) in [5, 5.41) is 11.6. The standard InChI is InChI=1S/C19H28N10O5S2/c20-4-6-35(31,32)14-2-1-12(15(16(14)36(22,33)34)18-26-28-29-27-18)10-7-13(17(21)24-8-10)19(30)25-11-3-5-23-9-11/h1-2,7-8,11,18,23,26-29H,3-6,9,20H2,(H2,21,24)(H,25,30)(H2,22,33,34)/t11-/m0/s1. The summed E-state index contributed by atoms with van der Waals surface area (Å²) in [7, 11) is -8.67. The molecule has 1 amide bonds. The number of nitrogen functional groups attached to an aromatic ring is 1. The first-order valence-electron chi connectivity index (χ1n) is 10.9. The van der Waals surface area contributed by atoms with Crippen molar-refractivity contribution in [2.45, 2.75) is 28.4 Å². The van der Waals surface area contributed by atoms with E-state index in [-0.39, 0.29) is 35.1 Å². The smallest absolute Gasteiger partial charge is 0.255 e. The summed E-state index contributed by atoms with van der Waals surface area (Å²) in [6.07, 6.45) is 1.18. The van der Waals surface area contributed by atoms with Gasteiger partial charge in [0.2, 0.25) is 10.0 Å². The molecule has 0 saturated carbocycles. The lowest BCUT2D eigenvalue weighted by Crippen LogP contribution is -2.36. The number of sulfone groups is 1. The average molecular weight is 541 g/mol. The van der Waals surface area contributed by atoms with Crippen LogP contribution in [0.5, 0.6) is 0 Å². The van der Waals surface area contributed by atoms with Gasteiger partial charge in [0.25, 0.3) is 5.91 Å². The van der Waals surface area contributed by atoms with Gasteiger partial charge in [-0.05, 0) is 30.7 Å². The lowest BCUT2D eigenvalue weighted by atomic mass is 9.97. The normalized spacial score (nSPS) is 19.0. The highest BCUT2D eigenvalue weighted by Gasteiger charge is 2.34. The molecular weight excluding hydrogens is 512 g/mol. The molecule has 196 valence electrons. The highest BCUT2D eigenvalue weighted by atomic mass is 32.2. The van der Waals surface area contributed by atoms with Crippen molar-refractivity contribution >= 4 is 31.6 Å². The van der Waals surface area contributed by atoms with Crippen LogP contribution in [0, 0.1) is 0 Å². The lowest BCUT2D eigenvalue weighted by molar-refractivity contribution is 0.0940. The van der Waals surface area contributed by atoms with Crippen LogP contribution in [-0.4, -0.2) is 59.2 Å². The first-order chi connectivity index (χ1) is 17.0. The van der Waals surface area contributed by atoms with Crippen molar-refractivity contribution in [3.8, 4) is 11.1 Å². The highest BCUT2D eigenvalue weighted by Crippen LogP contribution is 2.37. The van der Waals surface area contributed by atoms with Gasteiger partial charge in [0, 0.05) is 36.5 Å². The number of primary sulfonamides is 1. The van der Waals surface area contributed by atoms with Gasteiger partial charge in [-0.25, -0.2) is 37.8 Å². The third-order valence-electron chi connectivity index (χ3n) is 5.82. The summed E-state index contributed by atoms with van der Waals surface area (Å²) in [6.45, 7) is 1.18. The Morgan fingerprint density at radius 2 is 1.89 bits per heavy atom. The van der Waals surface area contributed by atoms with E-state index in [9.17, 15) is 21.6 Å². The zero-order chi connectivity index (χ0) is 26.1. The van der Waals surface area contributed by atoms with E-state index >= 15 is 0 Å². The van der Waals surface area contributed by atoms with Crippen molar-refractivity contribution in [3.05, 3.63) is 35.5 Å². The number of hydrogen-bond acceptors (Lipinski definition) is 13. The van der Waals surface area contributed by atoms with E-state index in [1.165, 1.54) is 18.3 Å². The number of carbonyl (C=O) groups is 1. The minimum absolute atomic E-state index is 0.00832. The number of rotatable bonds is 8. The van der Waals surface area contributed by atoms with Crippen LogP contribution in [-0.2, 0) is 19.9 Å². The molecule has 0 unspecified atom stereocenters. The summed E-state index contributed by atoms with van der Waals surface area (Å²) < 4.78 is 51.4. The number of pyridine rings is 1. The van der Waals surface area contributed by atoms with Gasteiger partial charge in [0.15, 0.2) is 9.84 Å². The Labute approximate surface area is 207 Å². The fraction of sp³-hybridized carbons (Fsp3) is 0.368. The molecule has 0 aliphatic carbocycles. The zero-order valence-electron chi connectivity index (χ0n) is 19.0. The SMILES string of the molecule is NCCS(=O)(=O)c1ccc(-c2cnc(N)c(C(=O)N[C@H]3CCNC3)c2)c(C2NNNN2)c1S(N)(=O)=O. The molecule has 1 aromatic carbocycles. The predicted molar refractivity (Wildman–Crippen MR) is 131 cm³/mol. The van der Waals surface area contributed by atoms with Crippen molar-refractivity contribution in [3.63, 3.8) is 0 Å². The lowest BCUT2D eigenvalue weighted by Gasteiger charge is -2.22. The van der Waals surface area contributed by atoms with Gasteiger partial charge in [-0.3, -0.25) is 4.79 Å². The van der Waals surface area contributed by atoms with E-state index in [0.717, 1.165) is 19.0 Å². The van der Waals surface area contributed by atoms with E-state index in [0.29, 0.717) is 12.1 Å². The number of hydrazine groups is 3. The Hall–Kier alpha value is -2.74. The number of nitrogens with one attached hydrogen (secondary N) is 6. The average Bonchev–Trinajstić information content (AvgIpc) is 3.52. The highest BCUT2D eigenvalue weighted by molar-refractivity contribution is 7.93. The first-order valence-corrected chi connectivity index (χ1v) is 14.1. The molecular formula is C19H28N10O5S2. The summed E-state index contributed by atoms with van der Waals surface area (Å²) in [5.41, 5.74) is 22.7. The summed E-state index contributed by atoms with van der Waals surface area (Å²) in [5.74, 6) is -0.940. The summed E-state index contributed by atoms with van der Waals surface area (Å²) in [6, 6.07) is 3.97. The molecule has 0 bridgehead atoms. The van der Waals surface area contributed by atoms with Crippen LogP contribution >= 0.6 is 0 Å². The van der Waals surface area contributed by atoms with Gasteiger partial charge in [0.1, 0.15) is 16.9 Å². The number of amides is 1. The zero-order valence-corrected chi connectivity index (χ0v) is 20.7. The van der Waals surface area contributed by atoms with Crippen molar-refractivity contribution < 1.29 is 21.6 Å². The number of nitrogens with two attached hydrogens (primary N) is 3. The Morgan fingerprint density at radius 1 is 1.17 bits per heavy atom. The van der Waals surface area contributed by atoms with E-state index in [2.05, 4.69) is 37.5 Å². The maximum absolute atomic E-state index is 12.9. The third kappa shape index (κ3) is 5.33. The number of anilines is 1. The minimum Gasteiger partial charge on any atom is -0.383 e. The number of aromatic nitrogens is 1. The van der Waals surface area contributed by atoms with Crippen molar-refractivity contribution in [2.75, 3.05) is 31.1 Å². The van der Waals surface area contributed by atoms with Gasteiger partial charge < -0.3 is 22.1 Å². The van der Waals surface area contributed by atoms with Crippen LogP contribution < -0.4 is 49.2 Å². The third-order valence-corrected chi connectivity index (χ3v) is 8.74. The molecule has 36 heavy (non-hydrogen) atoms. The Kier molecular flexibility index (Phi) is 7.55. The van der Waals surface area contributed by atoms with Gasteiger partial charge in [0.05, 0.1) is 16.2 Å². The fourth-order valence-corrected chi connectivity index (χ4v) is 6.97. The monoisotopic (exact) mass is 540 g/mol. The number of nitrogens with zero attached hydrogens (tertiary/aromatic N) is 1. The molecule has 4 rings (SSSR count). The second-order valence-electron chi connectivity index (χ2n) is 8.30. The maximum atomic E-state index is 12.9. The Morgan fingerprint density at radius 3 is 2.50 bits per heavy atom. The molecule has 2 aromatic rings. The largest absolute Gasteiger partial charge is 0.383 e. The molecule has 15 nitrogen and oxygen atoms in total. The topological polar surface area (TPSA) is 248 Å². The molecule has 3 heterocycles. The molecule has 12 N–H and O–H groups in total. The van der Waals surface area contributed by atoms with Gasteiger partial charge >= 0.3 is 0 Å². The fourth-order valence-electron chi connectivity index (χ4n) is 4.16. The molecule has 1 atom stereocenters. The van der Waals surface area contributed by atoms with Crippen molar-refractivity contribution in [2.24, 2.45) is 10.9 Å². The number of hydrogen-bond donors (Lipinski definition) is 9. The van der Waals surface area contributed by atoms with Crippen LogP contribution in [0.3, 0.4) is 0 Å². The molecule has 17 heteroatoms. The molecule has 2 saturated heterocycles. The quantitative estimate of drug-likeness (QED) is 0.161. The van der Waals surface area contributed by atoms with Gasteiger partial charge in [-0.1, -0.05) is 6.07 Å². The van der Waals surface area contributed by atoms with Crippen molar-refractivity contribution in [1.29, 1.82) is 0 Å². The van der Waals surface area contributed by atoms with E-state index in [4.69, 9.17) is 16.6 Å². The Bertz CT molecular complexity index is 1370. The van der Waals surface area contributed by atoms with Crippen LogP contribution in [0.1, 0.15) is 28.5 Å². The maximum Gasteiger partial charge on any atom is 0.255 e. The van der Waals surface area contributed by atoms with Crippen molar-refractivity contribution in [1.82, 2.24) is 37.5 Å². The predicted octanol–water partition coefficient (Wildman–Crippen LogP) is -3.08. The number of carbonyl (C=O) groups excluding carboxylic acids is 1. The van der Waals surface area contributed by atoms with Gasteiger partial charge in [-0.15, -0.1) is 0 Å². The minimum atomic E-state index is -4.57. The second kappa shape index (κ2) is 10.3. The van der Waals surface area contributed by atoms with E-state index in [1.54, 1.807) is 0 Å². The molecule has 0 spiro atoms. The summed E-state index contributed by atoms with van der Waals surface area (Å²) >= 11 is 0. The van der Waals surface area contributed by atoms with Crippen LogP contribution in [0.15, 0.2) is 34.2 Å². The second-order valence-corrected chi connectivity index (χ2v) is 11.9. The van der Waals surface area contributed by atoms with Crippen LogP contribution in [0.2, 0.25) is 0 Å². The molecule has 0 radical (unpaired) electrons. The molecule has 1 aromatic heterocycles. The Balaban J connectivity index is 1.91. The first kappa shape index (κ1) is 26.3. The summed E-state index contributed by atoms with van der Waals surface area (Å²) in [4.78, 5) is 16.0. The van der Waals surface area contributed by atoms with E-state index < -0.39 is 47.5 Å². The molecule has 2 aliphatic heterocycles. The van der Waals surface area contributed by atoms with E-state index in [1.807, 2.05) is 0 Å². The van der Waals surface area contributed by atoms with Gasteiger partial charge in [-0.2, -0.15) is 11.1 Å². The molecule has 2 fully saturated rings. The molecule has 2 aliphatic rings. The van der Waals surface area contributed by atoms with Crippen LogP contribution in [0.4, 0.5) is 5.82 Å². The number of benzene rings is 1. The van der Waals surface area contributed by atoms with Crippen LogP contribution in [0.25, 0.3) is 11.1 Å². The number of sulfonamides is 1.